The fourth-order valence-corrected chi connectivity index (χ4v) is 4.40. The predicted molar refractivity (Wildman–Crippen MR) is 107 cm³/mol. The van der Waals surface area contributed by atoms with Gasteiger partial charge in [0.25, 0.3) is 0 Å². The highest BCUT2D eigenvalue weighted by molar-refractivity contribution is 5.91. The number of hydrogen-bond donors (Lipinski definition) is 1. The molecule has 0 aromatic heterocycles. The number of amides is 1. The van der Waals surface area contributed by atoms with Crippen LogP contribution < -0.4 is 10.5 Å². The molecule has 2 aromatic rings. The molecular weight excluding hydrogens is 392 g/mol. The predicted octanol–water partition coefficient (Wildman–Crippen LogP) is 3.01. The van der Waals surface area contributed by atoms with E-state index in [0.717, 1.165) is 18.9 Å². The molecule has 6 nitrogen and oxygen atoms in total. The van der Waals surface area contributed by atoms with Gasteiger partial charge < -0.3 is 14.4 Å². The molecule has 1 fully saturated rings. The van der Waals surface area contributed by atoms with E-state index in [1.165, 1.54) is 17.0 Å². The molecule has 2 aliphatic rings. The van der Waals surface area contributed by atoms with E-state index in [0.29, 0.717) is 35.5 Å². The molecule has 0 aliphatic carbocycles. The summed E-state index contributed by atoms with van der Waals surface area (Å²) in [6.45, 7) is 0.586. The standard InChI is InChI=1S/C22H25F2N3O3/c1-26-20(28)22(27(2)21(26)25)7-3-4-8-29-13-30-19-6-5-14(11-18(19)22)15-9-16(23)12-17(24)10-15/h5-6,9-12,21H,3-4,7-8,13,25H2,1-2H3. The van der Waals surface area contributed by atoms with Gasteiger partial charge in [0, 0.05) is 18.7 Å². The summed E-state index contributed by atoms with van der Waals surface area (Å²) in [7, 11) is 3.49. The zero-order chi connectivity index (χ0) is 21.5. The van der Waals surface area contributed by atoms with Crippen molar-refractivity contribution in [3.05, 3.63) is 53.6 Å². The van der Waals surface area contributed by atoms with Crippen molar-refractivity contribution in [1.29, 1.82) is 0 Å². The fraction of sp³-hybridized carbons (Fsp3) is 0.409. The Labute approximate surface area is 174 Å². The van der Waals surface area contributed by atoms with Gasteiger partial charge in [-0.3, -0.25) is 15.4 Å². The molecule has 1 amide bonds. The lowest BCUT2D eigenvalue weighted by atomic mass is 9.81. The number of hydrogen-bond acceptors (Lipinski definition) is 5. The molecule has 1 saturated heterocycles. The Kier molecular flexibility index (Phi) is 5.48. The minimum absolute atomic E-state index is 0.0524. The van der Waals surface area contributed by atoms with Crippen LogP contribution in [0.5, 0.6) is 5.75 Å². The second-order valence-electron chi connectivity index (χ2n) is 7.80. The van der Waals surface area contributed by atoms with Crippen LogP contribution in [-0.4, -0.2) is 49.5 Å². The third kappa shape index (κ3) is 3.34. The molecule has 160 valence electrons. The van der Waals surface area contributed by atoms with Crippen LogP contribution in [0.1, 0.15) is 24.8 Å². The number of benzene rings is 2. The molecule has 2 heterocycles. The first kappa shape index (κ1) is 20.7. The Bertz CT molecular complexity index is 950. The molecule has 0 bridgehead atoms. The van der Waals surface area contributed by atoms with E-state index in [1.54, 1.807) is 25.2 Å². The number of nitrogens with zero attached hydrogens (tertiary/aromatic N) is 2. The van der Waals surface area contributed by atoms with Gasteiger partial charge in [-0.05, 0) is 61.7 Å². The van der Waals surface area contributed by atoms with Crippen LogP contribution in [0.3, 0.4) is 0 Å². The number of rotatable bonds is 1. The van der Waals surface area contributed by atoms with Gasteiger partial charge in [0.15, 0.2) is 6.79 Å². The van der Waals surface area contributed by atoms with Crippen LogP contribution in [0.4, 0.5) is 8.78 Å². The number of carbonyl (C=O) groups excluding carboxylic acids is 1. The summed E-state index contributed by atoms with van der Waals surface area (Å²) < 4.78 is 39.0. The molecule has 1 spiro atoms. The molecule has 8 heteroatoms. The second kappa shape index (κ2) is 7.94. The minimum atomic E-state index is -1.04. The summed E-state index contributed by atoms with van der Waals surface area (Å²) in [5, 5.41) is 0. The zero-order valence-corrected chi connectivity index (χ0v) is 17.0. The van der Waals surface area contributed by atoms with E-state index in [9.17, 15) is 13.6 Å². The molecule has 2 aromatic carbocycles. The van der Waals surface area contributed by atoms with Crippen LogP contribution in [0.15, 0.2) is 36.4 Å². The van der Waals surface area contributed by atoms with Crippen LogP contribution in [-0.2, 0) is 15.1 Å². The maximum Gasteiger partial charge on any atom is 0.249 e. The number of fused-ring (bicyclic) bond motifs is 2. The fourth-order valence-electron chi connectivity index (χ4n) is 4.40. The Morgan fingerprint density at radius 2 is 1.80 bits per heavy atom. The van der Waals surface area contributed by atoms with Gasteiger partial charge in [0.1, 0.15) is 29.2 Å². The van der Waals surface area contributed by atoms with Gasteiger partial charge in [-0.2, -0.15) is 0 Å². The first-order valence-corrected chi connectivity index (χ1v) is 9.92. The number of likely N-dealkylation sites (N-methyl/N-ethyl adjacent to an activating group) is 2. The Morgan fingerprint density at radius 1 is 1.07 bits per heavy atom. The molecule has 2 aliphatic heterocycles. The topological polar surface area (TPSA) is 68.0 Å². The molecule has 4 rings (SSSR count). The van der Waals surface area contributed by atoms with E-state index >= 15 is 0 Å². The zero-order valence-electron chi connectivity index (χ0n) is 17.0. The maximum atomic E-state index is 13.8. The largest absolute Gasteiger partial charge is 0.467 e. The van der Waals surface area contributed by atoms with E-state index in [4.69, 9.17) is 15.2 Å². The summed E-state index contributed by atoms with van der Waals surface area (Å²) in [4.78, 5) is 16.8. The lowest BCUT2D eigenvalue weighted by Crippen LogP contribution is -2.48. The Balaban J connectivity index is 1.92. The smallest absolute Gasteiger partial charge is 0.249 e. The first-order valence-electron chi connectivity index (χ1n) is 9.92. The minimum Gasteiger partial charge on any atom is -0.467 e. The molecule has 0 radical (unpaired) electrons. The van der Waals surface area contributed by atoms with E-state index in [2.05, 4.69) is 0 Å². The molecule has 2 atom stereocenters. The van der Waals surface area contributed by atoms with Gasteiger partial charge in [-0.25, -0.2) is 8.78 Å². The van der Waals surface area contributed by atoms with Crippen molar-refractivity contribution < 1.29 is 23.0 Å². The summed E-state index contributed by atoms with van der Waals surface area (Å²) in [6, 6.07) is 8.56. The highest BCUT2D eigenvalue weighted by Gasteiger charge is 2.55. The third-order valence-corrected chi connectivity index (χ3v) is 6.07. The van der Waals surface area contributed by atoms with Gasteiger partial charge >= 0.3 is 0 Å². The maximum absolute atomic E-state index is 13.8. The first-order chi connectivity index (χ1) is 14.3. The van der Waals surface area contributed by atoms with Crippen molar-refractivity contribution in [2.45, 2.75) is 31.1 Å². The van der Waals surface area contributed by atoms with Crippen LogP contribution in [0.2, 0.25) is 0 Å². The monoisotopic (exact) mass is 417 g/mol. The number of halogens is 2. The number of carbonyl (C=O) groups is 1. The van der Waals surface area contributed by atoms with Crippen molar-refractivity contribution in [3.8, 4) is 16.9 Å². The van der Waals surface area contributed by atoms with Crippen molar-refractivity contribution >= 4 is 5.91 Å². The van der Waals surface area contributed by atoms with Gasteiger partial charge in [0.2, 0.25) is 5.91 Å². The number of ether oxygens (including phenoxy) is 2. The molecule has 2 N–H and O–H groups in total. The van der Waals surface area contributed by atoms with Crippen LogP contribution in [0.25, 0.3) is 11.1 Å². The summed E-state index contributed by atoms with van der Waals surface area (Å²) in [6.07, 6.45) is 1.44. The summed E-state index contributed by atoms with van der Waals surface area (Å²) in [5.74, 6) is -0.980. The summed E-state index contributed by atoms with van der Waals surface area (Å²) in [5.41, 5.74) is 6.82. The quantitative estimate of drug-likeness (QED) is 0.773. The average Bonchev–Trinajstić information content (AvgIpc) is 2.88. The lowest BCUT2D eigenvalue weighted by molar-refractivity contribution is -0.133. The molecular formula is C22H25F2N3O3. The van der Waals surface area contributed by atoms with Gasteiger partial charge in [0.05, 0.1) is 6.61 Å². The van der Waals surface area contributed by atoms with Crippen molar-refractivity contribution in [2.24, 2.45) is 5.73 Å². The van der Waals surface area contributed by atoms with E-state index < -0.39 is 23.5 Å². The SMILES string of the molecule is CN1C(=O)C2(CCCCOCOc3ccc(-c4cc(F)cc(F)c4)cc32)N(C)C1N. The normalized spacial score (nSPS) is 25.3. The third-order valence-electron chi connectivity index (χ3n) is 6.07. The molecule has 2 unspecified atom stereocenters. The van der Waals surface area contributed by atoms with Crippen molar-refractivity contribution in [1.82, 2.24) is 9.80 Å². The second-order valence-corrected chi connectivity index (χ2v) is 7.80. The van der Waals surface area contributed by atoms with Gasteiger partial charge in [-0.15, -0.1) is 0 Å². The highest BCUT2D eigenvalue weighted by Crippen LogP contribution is 2.46. The lowest BCUT2D eigenvalue weighted by Gasteiger charge is -2.36. The van der Waals surface area contributed by atoms with Gasteiger partial charge in [-0.1, -0.05) is 6.07 Å². The Morgan fingerprint density at radius 3 is 2.47 bits per heavy atom. The van der Waals surface area contributed by atoms with Crippen LogP contribution in [0, 0.1) is 11.6 Å². The summed E-state index contributed by atoms with van der Waals surface area (Å²) >= 11 is 0. The van der Waals surface area contributed by atoms with Crippen molar-refractivity contribution in [3.63, 3.8) is 0 Å². The van der Waals surface area contributed by atoms with E-state index in [-0.39, 0.29) is 12.7 Å². The highest BCUT2D eigenvalue weighted by atomic mass is 19.1. The number of nitrogens with two attached hydrogens (primary N) is 1. The molecule has 30 heavy (non-hydrogen) atoms. The molecule has 0 saturated carbocycles. The van der Waals surface area contributed by atoms with Crippen LogP contribution >= 0.6 is 0 Å². The van der Waals surface area contributed by atoms with E-state index in [1.807, 2.05) is 11.9 Å². The average molecular weight is 417 g/mol. The Hall–Kier alpha value is -2.55. The van der Waals surface area contributed by atoms with Crippen molar-refractivity contribution in [2.75, 3.05) is 27.5 Å².